The third-order valence-electron chi connectivity index (χ3n) is 7.37. The van der Waals surface area contributed by atoms with Gasteiger partial charge in [0.2, 0.25) is 5.60 Å². The highest BCUT2D eigenvalue weighted by Crippen LogP contribution is 2.43. The Hall–Kier alpha value is -3.25. The maximum atomic E-state index is 14.3. The van der Waals surface area contributed by atoms with Crippen LogP contribution < -0.4 is 24.8 Å². The van der Waals surface area contributed by atoms with Crippen molar-refractivity contribution in [3.05, 3.63) is 23.9 Å². The van der Waals surface area contributed by atoms with Crippen molar-refractivity contribution >= 4 is 37.3 Å². The van der Waals surface area contributed by atoms with Gasteiger partial charge in [0.15, 0.2) is 14.7 Å². The molecule has 3 heterocycles. The molecule has 2 atom stereocenters. The summed E-state index contributed by atoms with van der Waals surface area (Å²) >= 11 is 0. The fourth-order valence-corrected chi connectivity index (χ4v) is 8.41. The van der Waals surface area contributed by atoms with E-state index in [4.69, 9.17) is 15.2 Å². The Balaban J connectivity index is 1.54. The largest absolute Gasteiger partial charge is 0.484 e. The van der Waals surface area contributed by atoms with Crippen LogP contribution >= 0.6 is 0 Å². The lowest BCUT2D eigenvalue weighted by atomic mass is 10.1. The van der Waals surface area contributed by atoms with E-state index in [9.17, 15) is 34.8 Å². The average Bonchev–Trinajstić information content (AvgIpc) is 3.56. The van der Waals surface area contributed by atoms with Gasteiger partial charge >= 0.3 is 12.3 Å². The number of nitrogens with zero attached hydrogens (tertiary/aromatic N) is 3. The molecule has 5 rings (SSSR count). The Morgan fingerprint density at radius 2 is 1.90 bits per heavy atom. The number of ether oxygens (including phenoxy) is 3. The summed E-state index contributed by atoms with van der Waals surface area (Å²) < 4.78 is 112. The normalized spacial score (nSPS) is 19.9. The number of fused-ring (bicyclic) bond motifs is 2. The van der Waals surface area contributed by atoms with Crippen molar-refractivity contribution in [1.82, 2.24) is 9.78 Å². The van der Waals surface area contributed by atoms with Gasteiger partial charge in [-0.25, -0.2) is 21.6 Å². The topological polar surface area (TPSA) is 172 Å². The summed E-state index contributed by atoms with van der Waals surface area (Å²) in [5.74, 6) is -0.231. The number of methoxy groups -OCH3 is 1. The second-order valence-corrected chi connectivity index (χ2v) is 15.0. The zero-order chi connectivity index (χ0) is 30.8. The molecule has 0 saturated heterocycles. The lowest BCUT2D eigenvalue weighted by Crippen LogP contribution is -2.55. The van der Waals surface area contributed by atoms with Crippen LogP contribution in [0.1, 0.15) is 38.8 Å². The van der Waals surface area contributed by atoms with E-state index in [0.717, 1.165) is 4.31 Å². The average molecular weight is 638 g/mol. The molecule has 1 amide bonds. The number of halogens is 3. The van der Waals surface area contributed by atoms with Crippen molar-refractivity contribution < 1.29 is 49.0 Å². The van der Waals surface area contributed by atoms with Crippen LogP contribution in [0.2, 0.25) is 0 Å². The van der Waals surface area contributed by atoms with Gasteiger partial charge in [0.1, 0.15) is 17.2 Å². The summed E-state index contributed by atoms with van der Waals surface area (Å²) in [6.45, 7) is 1.31. The molecule has 1 fully saturated rings. The number of carbonyl (C=O) groups excluding carboxylic acids is 1. The third kappa shape index (κ3) is 5.23. The second-order valence-electron chi connectivity index (χ2n) is 10.8. The van der Waals surface area contributed by atoms with Crippen LogP contribution in [0, 0.1) is 0 Å². The molecule has 232 valence electrons. The number of nitrogens with one attached hydrogen (secondary N) is 1. The summed E-state index contributed by atoms with van der Waals surface area (Å²) in [6.07, 6.45) is -5.66. The molecule has 3 N–H and O–H groups in total. The molecule has 1 aromatic carbocycles. The van der Waals surface area contributed by atoms with Crippen LogP contribution in [0.25, 0.3) is 0 Å². The highest BCUT2D eigenvalue weighted by molar-refractivity contribution is 7.93. The minimum atomic E-state index is -4.85. The number of hydrogen-bond donors (Lipinski definition) is 2. The van der Waals surface area contributed by atoms with E-state index in [0.29, 0.717) is 51.8 Å². The van der Waals surface area contributed by atoms with Crippen molar-refractivity contribution in [2.75, 3.05) is 23.3 Å². The Morgan fingerprint density at radius 3 is 2.52 bits per heavy atom. The van der Waals surface area contributed by atoms with E-state index >= 15 is 0 Å². The number of benzene rings is 1. The molecular formula is C24H30F3N5O8S2. The number of rotatable bonds is 8. The number of amides is 1. The van der Waals surface area contributed by atoms with Crippen molar-refractivity contribution in [2.45, 2.75) is 79.5 Å². The van der Waals surface area contributed by atoms with Crippen LogP contribution in [0.4, 0.5) is 29.3 Å². The van der Waals surface area contributed by atoms with Gasteiger partial charge in [-0.1, -0.05) is 0 Å². The van der Waals surface area contributed by atoms with Crippen LogP contribution in [-0.4, -0.2) is 74.9 Å². The monoisotopic (exact) mass is 637 g/mol. The van der Waals surface area contributed by atoms with Crippen molar-refractivity contribution in [3.63, 3.8) is 0 Å². The smallest absolute Gasteiger partial charge is 0.427 e. The molecule has 0 spiro atoms. The number of alkyl halides is 3. The van der Waals surface area contributed by atoms with Gasteiger partial charge in [-0.05, 0) is 57.7 Å². The summed E-state index contributed by atoms with van der Waals surface area (Å²) in [7, 11) is -7.08. The van der Waals surface area contributed by atoms with Gasteiger partial charge in [-0.15, -0.1) is 5.10 Å². The molecule has 1 unspecified atom stereocenters. The van der Waals surface area contributed by atoms with Gasteiger partial charge in [0, 0.05) is 12.2 Å². The standard InChI is InChI=1S/C24H30F3N5O8S2/c1-23(2,24(25,26)27)40-22(33)29-13-6-9-17-16(11-13)32(12-18(39-17)20(28)41(34,35)14-7-8-14)42(36,37)19-15-5-4-10-31(15)30-21(19)38-3/h6,9,11,14,18,20H,4-5,7-8,10,12,28H2,1-3H3,(H,29,33)/t18-,20?/m0/s1. The first-order valence-electron chi connectivity index (χ1n) is 13.0. The van der Waals surface area contributed by atoms with E-state index in [2.05, 4.69) is 15.2 Å². The Labute approximate surface area is 240 Å². The molecule has 0 bridgehead atoms. The molecule has 3 aliphatic rings. The molecule has 1 aliphatic carbocycles. The Morgan fingerprint density at radius 1 is 1.21 bits per heavy atom. The molecule has 18 heteroatoms. The first-order chi connectivity index (χ1) is 19.5. The minimum absolute atomic E-state index is 0.0754. The molecule has 2 aromatic rings. The lowest BCUT2D eigenvalue weighted by molar-refractivity contribution is -0.242. The second kappa shape index (κ2) is 10.2. The first-order valence-corrected chi connectivity index (χ1v) is 16.0. The van der Waals surface area contributed by atoms with E-state index in [1.165, 1.54) is 30.0 Å². The van der Waals surface area contributed by atoms with Crippen molar-refractivity contribution in [1.29, 1.82) is 0 Å². The number of hydrogen-bond acceptors (Lipinski definition) is 10. The van der Waals surface area contributed by atoms with Crippen molar-refractivity contribution in [3.8, 4) is 11.6 Å². The number of sulfone groups is 1. The van der Waals surface area contributed by atoms with E-state index in [-0.39, 0.29) is 27.9 Å². The molecular weight excluding hydrogens is 607 g/mol. The molecule has 42 heavy (non-hydrogen) atoms. The quantitative estimate of drug-likeness (QED) is 0.438. The Kier molecular flexibility index (Phi) is 7.33. The van der Waals surface area contributed by atoms with Crippen LogP contribution in [0.5, 0.6) is 11.6 Å². The summed E-state index contributed by atoms with van der Waals surface area (Å²) in [4.78, 5) is 12.1. The maximum absolute atomic E-state index is 14.3. The molecule has 0 radical (unpaired) electrons. The predicted molar refractivity (Wildman–Crippen MR) is 143 cm³/mol. The number of nitrogens with two attached hydrogens (primary N) is 1. The molecule has 2 aliphatic heterocycles. The predicted octanol–water partition coefficient (Wildman–Crippen LogP) is 2.55. The fourth-order valence-electron chi connectivity index (χ4n) is 4.80. The number of aromatic nitrogens is 2. The van der Waals surface area contributed by atoms with Crippen molar-refractivity contribution in [2.24, 2.45) is 5.73 Å². The van der Waals surface area contributed by atoms with Crippen LogP contribution in [-0.2, 0) is 37.6 Å². The highest BCUT2D eigenvalue weighted by Gasteiger charge is 2.51. The van der Waals surface area contributed by atoms with Gasteiger partial charge in [-0.2, -0.15) is 13.2 Å². The van der Waals surface area contributed by atoms with Crippen LogP contribution in [0.15, 0.2) is 23.1 Å². The van der Waals surface area contributed by atoms with E-state index in [1.807, 2.05) is 0 Å². The summed E-state index contributed by atoms with van der Waals surface area (Å²) in [6, 6.07) is 3.67. The number of anilines is 2. The zero-order valence-electron chi connectivity index (χ0n) is 22.8. The minimum Gasteiger partial charge on any atom is -0.484 e. The van der Waals surface area contributed by atoms with Gasteiger partial charge in [-0.3, -0.25) is 14.3 Å². The SMILES string of the molecule is COc1nn2c(c1S(=O)(=O)N1C[C@@H](C(N)S(=O)(=O)C3CC3)Oc3ccc(NC(=O)OC(C)(C)C(F)(F)F)cc31)CCC2. The van der Waals surface area contributed by atoms with E-state index in [1.54, 1.807) is 0 Å². The Bertz CT molecular complexity index is 1620. The number of sulfonamides is 1. The third-order valence-corrected chi connectivity index (χ3v) is 11.7. The summed E-state index contributed by atoms with van der Waals surface area (Å²) in [5, 5.41) is 4.22. The van der Waals surface area contributed by atoms with E-state index < -0.39 is 61.0 Å². The zero-order valence-corrected chi connectivity index (χ0v) is 24.5. The number of aryl methyl sites for hydroxylation is 1. The molecule has 13 nitrogen and oxygen atoms in total. The van der Waals surface area contributed by atoms with Gasteiger partial charge in [0.25, 0.3) is 15.9 Å². The number of carbonyl (C=O) groups is 1. The lowest BCUT2D eigenvalue weighted by Gasteiger charge is -2.37. The van der Waals surface area contributed by atoms with Gasteiger partial charge < -0.3 is 19.9 Å². The fraction of sp³-hybridized carbons (Fsp3) is 0.583. The van der Waals surface area contributed by atoms with Crippen LogP contribution in [0.3, 0.4) is 0 Å². The molecule has 1 saturated carbocycles. The summed E-state index contributed by atoms with van der Waals surface area (Å²) in [5.41, 5.74) is 3.51. The highest BCUT2D eigenvalue weighted by atomic mass is 32.2. The van der Waals surface area contributed by atoms with Gasteiger partial charge in [0.05, 0.1) is 30.3 Å². The first kappa shape index (κ1) is 30.2. The maximum Gasteiger partial charge on any atom is 0.427 e. The molecule has 1 aromatic heterocycles.